The van der Waals surface area contributed by atoms with E-state index >= 15 is 0 Å². The Balaban J connectivity index is 0.925. The summed E-state index contributed by atoms with van der Waals surface area (Å²) in [6, 6.07) is 22.3. The van der Waals surface area contributed by atoms with Crippen LogP contribution >= 0.6 is 0 Å². The third-order valence-electron chi connectivity index (χ3n) is 15.0. The van der Waals surface area contributed by atoms with Crippen LogP contribution in [0.25, 0.3) is 0 Å². The second-order valence-electron chi connectivity index (χ2n) is 17.1. The van der Waals surface area contributed by atoms with Crippen LogP contribution in [0.1, 0.15) is 116 Å². The minimum Gasteiger partial charge on any atom is -0.353 e. The Morgan fingerprint density at radius 1 is 0.800 bits per heavy atom. The lowest BCUT2D eigenvalue weighted by Crippen LogP contribution is -2.57. The molecule has 0 bridgehead atoms. The lowest BCUT2D eigenvalue weighted by Gasteiger charge is -2.61. The van der Waals surface area contributed by atoms with Crippen molar-refractivity contribution in [3.05, 3.63) is 66.2 Å². The minimum atomic E-state index is 0.293. The van der Waals surface area contributed by atoms with Gasteiger partial charge < -0.3 is 5.32 Å². The molecule has 0 spiro atoms. The molecule has 1 aliphatic heterocycles. The number of likely N-dealkylation sites (tertiary alicyclic amines) is 1. The molecule has 1 N–H and O–H groups in total. The molecule has 3 nitrogen and oxygen atoms in total. The zero-order chi connectivity index (χ0) is 31.1. The molecule has 2 aromatic carbocycles. The number of rotatable bonds is 8. The monoisotopic (exact) mass is 609 g/mol. The van der Waals surface area contributed by atoms with Gasteiger partial charge in [0.25, 0.3) is 0 Å². The number of amides is 1. The van der Waals surface area contributed by atoms with Crippen molar-refractivity contribution in [3.63, 3.8) is 0 Å². The maximum absolute atomic E-state index is 13.4. The average molecular weight is 610 g/mol. The number of carbonyl (C=O) groups is 1. The SMILES string of the molecule is C[C@H](CCC(=O)NC1CC[N+](Cc2ccccc2)(c2ccccc2)CC1)[C@H]1CC[C@H]2[C@@H]3CCC4CCCC[C@]4(C)[C@H]3CC[C@]12C. The molecule has 5 aliphatic rings. The number of quaternary nitrogens is 1. The number of piperidine rings is 1. The standard InChI is InChI=1S/C42H60N2O/c1-31(37-20-21-38-36-19-18-33-14-10-11-26-41(33,2)39(36)23-27-42(37,38)3)17-22-40(45)43-34-24-28-44(29-25-34,35-15-8-5-9-16-35)30-32-12-6-4-7-13-32/h4-9,12-13,15-16,31,33-34,36-39H,10-11,14,17-30H2,1-3H3/p+1/t31-,33?,34?,36+,37-,38+,39+,41+,42-,44?/m1/s1. The smallest absolute Gasteiger partial charge is 0.220 e. The Labute approximate surface area is 274 Å². The molecule has 244 valence electrons. The first kappa shape index (κ1) is 31.5. The number of hydrogen-bond acceptors (Lipinski definition) is 1. The molecule has 1 saturated heterocycles. The number of benzene rings is 2. The van der Waals surface area contributed by atoms with Gasteiger partial charge in [0, 0.05) is 30.9 Å². The summed E-state index contributed by atoms with van der Waals surface area (Å²) in [5.41, 5.74) is 3.92. The van der Waals surface area contributed by atoms with E-state index in [1.54, 1.807) is 0 Å². The van der Waals surface area contributed by atoms with Crippen LogP contribution in [-0.4, -0.2) is 25.0 Å². The molecule has 4 saturated carbocycles. The summed E-state index contributed by atoms with van der Waals surface area (Å²) in [6.07, 6.45) is 18.6. The number of para-hydroxylation sites is 1. The van der Waals surface area contributed by atoms with Gasteiger partial charge in [-0.15, -0.1) is 0 Å². The zero-order valence-corrected chi connectivity index (χ0v) is 28.7. The van der Waals surface area contributed by atoms with Gasteiger partial charge in [0.2, 0.25) is 5.91 Å². The summed E-state index contributed by atoms with van der Waals surface area (Å²) in [5.74, 6) is 5.62. The van der Waals surface area contributed by atoms with E-state index in [0.717, 1.165) is 73.0 Å². The van der Waals surface area contributed by atoms with Crippen molar-refractivity contribution < 1.29 is 4.79 Å². The van der Waals surface area contributed by atoms with Gasteiger partial charge in [0.15, 0.2) is 0 Å². The van der Waals surface area contributed by atoms with E-state index in [4.69, 9.17) is 0 Å². The first-order valence-corrected chi connectivity index (χ1v) is 19.1. The van der Waals surface area contributed by atoms with Crippen molar-refractivity contribution in [2.45, 2.75) is 123 Å². The van der Waals surface area contributed by atoms with Gasteiger partial charge in [-0.1, -0.05) is 82.1 Å². The van der Waals surface area contributed by atoms with Crippen LogP contribution in [0.15, 0.2) is 60.7 Å². The largest absolute Gasteiger partial charge is 0.353 e. The third-order valence-corrected chi connectivity index (χ3v) is 15.0. The number of nitrogens with zero attached hydrogens (tertiary/aromatic N) is 1. The molecular weight excluding hydrogens is 548 g/mol. The topological polar surface area (TPSA) is 29.1 Å². The van der Waals surface area contributed by atoms with Gasteiger partial charge in [-0.25, -0.2) is 0 Å². The van der Waals surface area contributed by atoms with Crippen LogP contribution in [-0.2, 0) is 11.3 Å². The van der Waals surface area contributed by atoms with Crippen LogP contribution in [0.4, 0.5) is 5.69 Å². The molecule has 1 heterocycles. The number of nitrogens with one attached hydrogen (secondary N) is 1. The molecule has 7 rings (SSSR count). The molecule has 0 aromatic heterocycles. The molecule has 8 atom stereocenters. The highest BCUT2D eigenvalue weighted by Crippen LogP contribution is 2.68. The third kappa shape index (κ3) is 5.94. The molecule has 0 radical (unpaired) electrons. The summed E-state index contributed by atoms with van der Waals surface area (Å²) in [4.78, 5) is 13.4. The minimum absolute atomic E-state index is 0.293. The fourth-order valence-electron chi connectivity index (χ4n) is 12.5. The first-order valence-electron chi connectivity index (χ1n) is 19.1. The van der Waals surface area contributed by atoms with Gasteiger partial charge in [-0.05, 0) is 116 Å². The Morgan fingerprint density at radius 3 is 2.27 bits per heavy atom. The van der Waals surface area contributed by atoms with Crippen LogP contribution < -0.4 is 9.80 Å². The highest BCUT2D eigenvalue weighted by molar-refractivity contribution is 5.76. The van der Waals surface area contributed by atoms with Crippen molar-refractivity contribution in [2.24, 2.45) is 46.3 Å². The molecule has 4 aliphatic carbocycles. The quantitative estimate of drug-likeness (QED) is 0.297. The zero-order valence-electron chi connectivity index (χ0n) is 28.7. The van der Waals surface area contributed by atoms with Gasteiger partial charge in [0.05, 0.1) is 13.1 Å². The lowest BCUT2D eigenvalue weighted by molar-refractivity contribution is -0.123. The van der Waals surface area contributed by atoms with Crippen LogP contribution in [0.2, 0.25) is 0 Å². The average Bonchev–Trinajstić information content (AvgIpc) is 3.42. The molecule has 1 amide bonds. The van der Waals surface area contributed by atoms with Crippen molar-refractivity contribution in [1.29, 1.82) is 0 Å². The van der Waals surface area contributed by atoms with Gasteiger partial charge in [-0.3, -0.25) is 9.28 Å². The molecule has 2 aromatic rings. The van der Waals surface area contributed by atoms with E-state index in [-0.39, 0.29) is 0 Å². The summed E-state index contributed by atoms with van der Waals surface area (Å²) in [6.45, 7) is 11.1. The molecule has 3 heteroatoms. The van der Waals surface area contributed by atoms with Gasteiger partial charge in [-0.2, -0.15) is 0 Å². The van der Waals surface area contributed by atoms with Crippen molar-refractivity contribution >= 4 is 11.6 Å². The fourth-order valence-corrected chi connectivity index (χ4v) is 12.5. The van der Waals surface area contributed by atoms with E-state index in [1.807, 2.05) is 0 Å². The van der Waals surface area contributed by atoms with E-state index in [0.29, 0.717) is 35.1 Å². The number of fused-ring (bicyclic) bond motifs is 5. The van der Waals surface area contributed by atoms with Crippen molar-refractivity contribution in [3.8, 4) is 0 Å². The molecule has 1 unspecified atom stereocenters. The van der Waals surface area contributed by atoms with Crippen molar-refractivity contribution in [2.75, 3.05) is 13.1 Å². The second kappa shape index (κ2) is 12.8. The Bertz CT molecular complexity index is 1280. The highest BCUT2D eigenvalue weighted by Gasteiger charge is 2.60. The van der Waals surface area contributed by atoms with Crippen LogP contribution in [0, 0.1) is 46.3 Å². The fraction of sp³-hybridized carbons (Fsp3) is 0.690. The Hall–Kier alpha value is -2.13. The summed E-state index contributed by atoms with van der Waals surface area (Å²) < 4.78 is 0.983. The predicted molar refractivity (Wildman–Crippen MR) is 188 cm³/mol. The first-order chi connectivity index (χ1) is 21.8. The highest BCUT2D eigenvalue weighted by atomic mass is 16.1. The van der Waals surface area contributed by atoms with Crippen LogP contribution in [0.3, 0.4) is 0 Å². The Kier molecular flexibility index (Phi) is 8.96. The number of hydrogen-bond donors (Lipinski definition) is 1. The number of carbonyl (C=O) groups excluding carboxylic acids is 1. The van der Waals surface area contributed by atoms with E-state index in [1.165, 1.54) is 75.5 Å². The van der Waals surface area contributed by atoms with E-state index in [2.05, 4.69) is 86.8 Å². The molecule has 45 heavy (non-hydrogen) atoms. The normalized spacial score (nSPS) is 40.1. The van der Waals surface area contributed by atoms with E-state index < -0.39 is 0 Å². The maximum atomic E-state index is 13.4. The second-order valence-corrected chi connectivity index (χ2v) is 17.1. The predicted octanol–water partition coefficient (Wildman–Crippen LogP) is 9.94. The molecule has 5 fully saturated rings. The maximum Gasteiger partial charge on any atom is 0.220 e. The summed E-state index contributed by atoms with van der Waals surface area (Å²) in [7, 11) is 0. The molecular formula is C42H61N2O+. The van der Waals surface area contributed by atoms with Gasteiger partial charge >= 0.3 is 0 Å². The van der Waals surface area contributed by atoms with E-state index in [9.17, 15) is 4.79 Å². The van der Waals surface area contributed by atoms with Crippen molar-refractivity contribution in [1.82, 2.24) is 9.80 Å². The van der Waals surface area contributed by atoms with Gasteiger partial charge in [0.1, 0.15) is 12.2 Å². The van der Waals surface area contributed by atoms with Crippen LogP contribution in [0.5, 0.6) is 0 Å². The summed E-state index contributed by atoms with van der Waals surface area (Å²) >= 11 is 0. The Morgan fingerprint density at radius 2 is 1.51 bits per heavy atom. The summed E-state index contributed by atoms with van der Waals surface area (Å²) in [5, 5.41) is 3.50. The lowest BCUT2D eigenvalue weighted by atomic mass is 9.44.